The number of urea groups is 1. The van der Waals surface area contributed by atoms with Crippen molar-refractivity contribution in [2.24, 2.45) is 0 Å². The van der Waals surface area contributed by atoms with Crippen molar-refractivity contribution < 1.29 is 14.0 Å². The number of fused-ring (bicyclic) bond motifs is 1. The number of thioether (sulfide) groups is 1. The number of halogens is 1. The number of imide groups is 1. The lowest BCUT2D eigenvalue weighted by molar-refractivity contribution is -0.119. The van der Waals surface area contributed by atoms with Crippen LogP contribution in [0.1, 0.15) is 12.7 Å². The van der Waals surface area contributed by atoms with Gasteiger partial charge in [0.05, 0.1) is 29.0 Å². The molecule has 0 spiro atoms. The Morgan fingerprint density at radius 2 is 2.14 bits per heavy atom. The normalized spacial score (nSPS) is 12.0. The Morgan fingerprint density at radius 1 is 1.36 bits per heavy atom. The highest BCUT2D eigenvalue weighted by molar-refractivity contribution is 8.00. The first kappa shape index (κ1) is 20.0. The zero-order valence-corrected chi connectivity index (χ0v) is 16.6. The largest absolute Gasteiger partial charge is 0.467 e. The van der Waals surface area contributed by atoms with Gasteiger partial charge in [-0.1, -0.05) is 23.4 Å². The van der Waals surface area contributed by atoms with E-state index >= 15 is 0 Å². The van der Waals surface area contributed by atoms with Crippen LogP contribution in [-0.4, -0.2) is 33.8 Å². The van der Waals surface area contributed by atoms with Crippen molar-refractivity contribution in [3.05, 3.63) is 57.7 Å². The summed E-state index contributed by atoms with van der Waals surface area (Å²) in [6.45, 7) is 1.78. The van der Waals surface area contributed by atoms with Gasteiger partial charge in [0.25, 0.3) is 5.56 Å². The van der Waals surface area contributed by atoms with Crippen LogP contribution >= 0.6 is 23.4 Å². The molecule has 0 radical (unpaired) electrons. The van der Waals surface area contributed by atoms with Gasteiger partial charge in [-0.05, 0) is 37.3 Å². The van der Waals surface area contributed by atoms with Crippen LogP contribution in [-0.2, 0) is 11.3 Å². The van der Waals surface area contributed by atoms with Gasteiger partial charge in [-0.15, -0.1) is 0 Å². The molecule has 1 unspecified atom stereocenters. The molecule has 0 fully saturated rings. The van der Waals surface area contributed by atoms with Gasteiger partial charge in [0.2, 0.25) is 5.91 Å². The molecule has 28 heavy (non-hydrogen) atoms. The van der Waals surface area contributed by atoms with E-state index in [-0.39, 0.29) is 12.1 Å². The molecule has 3 aromatic rings. The zero-order chi connectivity index (χ0) is 20.3. The van der Waals surface area contributed by atoms with Crippen LogP contribution in [0, 0.1) is 0 Å². The maximum absolute atomic E-state index is 13.0. The minimum Gasteiger partial charge on any atom is -0.467 e. The van der Waals surface area contributed by atoms with Crippen molar-refractivity contribution >= 4 is 46.2 Å². The van der Waals surface area contributed by atoms with E-state index in [9.17, 15) is 14.4 Å². The van der Waals surface area contributed by atoms with E-state index in [1.165, 1.54) is 17.9 Å². The molecule has 0 aliphatic heterocycles. The molecule has 146 valence electrons. The molecule has 1 atom stereocenters. The molecule has 2 heterocycles. The molecule has 8 nitrogen and oxygen atoms in total. The van der Waals surface area contributed by atoms with Gasteiger partial charge in [-0.3, -0.25) is 19.5 Å². The van der Waals surface area contributed by atoms with Crippen LogP contribution in [0.5, 0.6) is 0 Å². The minimum atomic E-state index is -0.677. The summed E-state index contributed by atoms with van der Waals surface area (Å²) in [6.07, 6.45) is 1.51. The quantitative estimate of drug-likeness (QED) is 0.485. The Bertz CT molecular complexity index is 1080. The van der Waals surface area contributed by atoms with Crippen LogP contribution in [0.4, 0.5) is 4.79 Å². The first-order valence-electron chi connectivity index (χ1n) is 8.30. The third-order valence-electron chi connectivity index (χ3n) is 3.89. The van der Waals surface area contributed by atoms with Crippen LogP contribution in [0.3, 0.4) is 0 Å². The van der Waals surface area contributed by atoms with Crippen molar-refractivity contribution in [1.82, 2.24) is 20.2 Å². The summed E-state index contributed by atoms with van der Waals surface area (Å²) in [5, 5.41) is 5.02. The molecule has 10 heteroatoms. The Kier molecular flexibility index (Phi) is 6.05. The number of hydrogen-bond acceptors (Lipinski definition) is 6. The Morgan fingerprint density at radius 3 is 2.82 bits per heavy atom. The highest BCUT2D eigenvalue weighted by Gasteiger charge is 2.21. The molecular weight excluding hydrogens is 404 g/mol. The lowest BCUT2D eigenvalue weighted by atomic mass is 10.2. The molecule has 2 aromatic heterocycles. The number of aromatic nitrogens is 2. The van der Waals surface area contributed by atoms with Crippen molar-refractivity contribution in [2.75, 3.05) is 7.05 Å². The van der Waals surface area contributed by atoms with Crippen molar-refractivity contribution in [2.45, 2.75) is 23.9 Å². The number of carbonyl (C=O) groups is 2. The van der Waals surface area contributed by atoms with Crippen LogP contribution in [0.2, 0.25) is 5.02 Å². The summed E-state index contributed by atoms with van der Waals surface area (Å²) >= 11 is 7.09. The number of furan rings is 1. The predicted octanol–water partition coefficient (Wildman–Crippen LogP) is 2.63. The molecule has 0 saturated carbocycles. The SMILES string of the molecule is CNC(=O)NC(=O)C(C)Sc1nc2cc(Cl)ccc2c(=O)n1Cc1ccco1. The number of nitrogens with one attached hydrogen (secondary N) is 2. The smallest absolute Gasteiger partial charge is 0.321 e. The van der Waals surface area contributed by atoms with Crippen molar-refractivity contribution in [3.63, 3.8) is 0 Å². The highest BCUT2D eigenvalue weighted by Crippen LogP contribution is 2.24. The second-order valence-electron chi connectivity index (χ2n) is 5.85. The molecule has 0 bridgehead atoms. The molecule has 0 aliphatic rings. The fourth-order valence-electron chi connectivity index (χ4n) is 2.45. The summed E-state index contributed by atoms with van der Waals surface area (Å²) in [7, 11) is 1.41. The minimum absolute atomic E-state index is 0.156. The van der Waals surface area contributed by atoms with Crippen LogP contribution in [0.25, 0.3) is 10.9 Å². The highest BCUT2D eigenvalue weighted by atomic mass is 35.5. The Balaban J connectivity index is 2.01. The summed E-state index contributed by atoms with van der Waals surface area (Å²) in [6, 6.07) is 7.69. The molecule has 3 rings (SSSR count). The maximum Gasteiger partial charge on any atom is 0.321 e. The van der Waals surface area contributed by atoms with Crippen LogP contribution in [0.15, 0.2) is 51.0 Å². The van der Waals surface area contributed by atoms with Gasteiger partial charge >= 0.3 is 6.03 Å². The number of benzene rings is 1. The van der Waals surface area contributed by atoms with Crippen molar-refractivity contribution in [3.8, 4) is 0 Å². The first-order valence-corrected chi connectivity index (χ1v) is 9.56. The number of carbonyl (C=O) groups excluding carboxylic acids is 2. The fourth-order valence-corrected chi connectivity index (χ4v) is 3.52. The lowest BCUT2D eigenvalue weighted by Gasteiger charge is -2.15. The van der Waals surface area contributed by atoms with Gasteiger partial charge < -0.3 is 9.73 Å². The van der Waals surface area contributed by atoms with E-state index in [1.54, 1.807) is 37.3 Å². The average Bonchev–Trinajstić information content (AvgIpc) is 3.17. The number of rotatable bonds is 5. The van der Waals surface area contributed by atoms with E-state index in [0.717, 1.165) is 11.8 Å². The summed E-state index contributed by atoms with van der Waals surface area (Å²) in [4.78, 5) is 41.1. The van der Waals surface area contributed by atoms with Crippen molar-refractivity contribution in [1.29, 1.82) is 0 Å². The number of amides is 3. The van der Waals surface area contributed by atoms with Crippen LogP contribution < -0.4 is 16.2 Å². The standard InChI is InChI=1S/C18H17ClN4O4S/c1-10(15(24)22-17(26)20-2)28-18-21-14-8-11(19)5-6-13(14)16(25)23(18)9-12-4-3-7-27-12/h3-8,10H,9H2,1-2H3,(H2,20,22,24,26). The van der Waals surface area contributed by atoms with E-state index in [1.807, 2.05) is 0 Å². The van der Waals surface area contributed by atoms with Gasteiger partial charge in [-0.25, -0.2) is 9.78 Å². The maximum atomic E-state index is 13.0. The fraction of sp³-hybridized carbons (Fsp3) is 0.222. The van der Waals surface area contributed by atoms with E-state index in [0.29, 0.717) is 26.8 Å². The second kappa shape index (κ2) is 8.49. The third kappa shape index (κ3) is 4.37. The zero-order valence-electron chi connectivity index (χ0n) is 15.1. The van der Waals surface area contributed by atoms with E-state index in [2.05, 4.69) is 15.6 Å². The second-order valence-corrected chi connectivity index (χ2v) is 7.60. The third-order valence-corrected chi connectivity index (χ3v) is 5.22. The van der Waals surface area contributed by atoms with Gasteiger partial charge in [0.1, 0.15) is 5.76 Å². The van der Waals surface area contributed by atoms with Gasteiger partial charge in [0, 0.05) is 12.1 Å². The predicted molar refractivity (Wildman–Crippen MR) is 107 cm³/mol. The summed E-state index contributed by atoms with van der Waals surface area (Å²) < 4.78 is 6.78. The van der Waals surface area contributed by atoms with Gasteiger partial charge in [-0.2, -0.15) is 0 Å². The van der Waals surface area contributed by atoms with E-state index < -0.39 is 17.2 Å². The average molecular weight is 421 g/mol. The monoisotopic (exact) mass is 420 g/mol. The Hall–Kier alpha value is -2.78. The topological polar surface area (TPSA) is 106 Å². The lowest BCUT2D eigenvalue weighted by Crippen LogP contribution is -2.41. The molecule has 0 saturated heterocycles. The molecular formula is C18H17ClN4O4S. The Labute approximate surface area is 169 Å². The first-order chi connectivity index (χ1) is 13.4. The molecule has 1 aromatic carbocycles. The number of hydrogen-bond donors (Lipinski definition) is 2. The summed E-state index contributed by atoms with van der Waals surface area (Å²) in [5.74, 6) is 0.0656. The van der Waals surface area contributed by atoms with Gasteiger partial charge in [0.15, 0.2) is 5.16 Å². The number of nitrogens with zero attached hydrogens (tertiary/aromatic N) is 2. The van der Waals surface area contributed by atoms with E-state index in [4.69, 9.17) is 16.0 Å². The summed E-state index contributed by atoms with van der Waals surface area (Å²) in [5.41, 5.74) is 0.147. The molecule has 0 aliphatic carbocycles. The molecule has 2 N–H and O–H groups in total. The molecule has 3 amide bonds.